The first-order valence-electron chi connectivity index (χ1n) is 8.10. The second-order valence-electron chi connectivity index (χ2n) is 6.33. The molecule has 1 aromatic carbocycles. The van der Waals surface area contributed by atoms with E-state index >= 15 is 0 Å². The molecular formula is C18H25NO3. The van der Waals surface area contributed by atoms with Crippen LogP contribution >= 0.6 is 0 Å². The molecule has 0 bridgehead atoms. The van der Waals surface area contributed by atoms with Gasteiger partial charge in [0.25, 0.3) is 0 Å². The van der Waals surface area contributed by atoms with Crippen LogP contribution in [0.5, 0.6) is 0 Å². The van der Waals surface area contributed by atoms with Gasteiger partial charge in [0.1, 0.15) is 5.41 Å². The Morgan fingerprint density at radius 3 is 2.41 bits per heavy atom. The van der Waals surface area contributed by atoms with Crippen LogP contribution in [0.4, 0.5) is 0 Å². The molecule has 0 radical (unpaired) electrons. The molecule has 1 unspecified atom stereocenters. The lowest BCUT2D eigenvalue weighted by Gasteiger charge is -2.35. The highest BCUT2D eigenvalue weighted by Gasteiger charge is 2.48. The smallest absolute Gasteiger partial charge is 0.319 e. The van der Waals surface area contributed by atoms with E-state index in [0.29, 0.717) is 13.0 Å². The number of aliphatic carboxylic acids is 1. The maximum absolute atomic E-state index is 12.5. The van der Waals surface area contributed by atoms with Crippen molar-refractivity contribution in [3.8, 4) is 0 Å². The van der Waals surface area contributed by atoms with E-state index in [2.05, 4.69) is 5.32 Å². The van der Waals surface area contributed by atoms with Gasteiger partial charge in [-0.3, -0.25) is 9.59 Å². The zero-order valence-corrected chi connectivity index (χ0v) is 13.2. The maximum Gasteiger partial charge on any atom is 0.319 e. The minimum Gasteiger partial charge on any atom is -0.480 e. The molecule has 1 aromatic rings. The van der Waals surface area contributed by atoms with Crippen molar-refractivity contribution < 1.29 is 14.7 Å². The number of carboxylic acids is 1. The Kier molecular flexibility index (Phi) is 5.58. The third kappa shape index (κ3) is 3.67. The van der Waals surface area contributed by atoms with Crippen LogP contribution in [0.3, 0.4) is 0 Å². The third-order valence-corrected chi connectivity index (χ3v) is 4.88. The van der Waals surface area contributed by atoms with E-state index < -0.39 is 11.4 Å². The molecular weight excluding hydrogens is 278 g/mol. The van der Waals surface area contributed by atoms with Gasteiger partial charge in [0.05, 0.1) is 0 Å². The van der Waals surface area contributed by atoms with Crippen molar-refractivity contribution in [3.05, 3.63) is 35.9 Å². The molecule has 1 saturated carbocycles. The predicted octanol–water partition coefficient (Wildman–Crippen LogP) is 3.02. The number of carboxylic acid groups (broad SMARTS) is 1. The number of hydrogen-bond donors (Lipinski definition) is 2. The zero-order chi connectivity index (χ0) is 16.0. The Morgan fingerprint density at radius 1 is 1.18 bits per heavy atom. The van der Waals surface area contributed by atoms with E-state index in [1.54, 1.807) is 6.92 Å². The second-order valence-corrected chi connectivity index (χ2v) is 6.33. The van der Waals surface area contributed by atoms with Crippen LogP contribution in [0.2, 0.25) is 0 Å². The SMILES string of the molecule is CC(C(=O)O)(C(=O)NCCc1ccccc1)C1CCCCC1. The molecule has 0 aliphatic heterocycles. The highest BCUT2D eigenvalue weighted by atomic mass is 16.4. The van der Waals surface area contributed by atoms with Gasteiger partial charge in [-0.15, -0.1) is 0 Å². The fourth-order valence-electron chi connectivity index (χ4n) is 3.29. The molecule has 0 saturated heterocycles. The zero-order valence-electron chi connectivity index (χ0n) is 13.2. The van der Waals surface area contributed by atoms with E-state index in [-0.39, 0.29) is 11.8 Å². The van der Waals surface area contributed by atoms with E-state index in [9.17, 15) is 14.7 Å². The Morgan fingerprint density at radius 2 is 1.82 bits per heavy atom. The number of carbonyl (C=O) groups excluding carboxylic acids is 1. The summed E-state index contributed by atoms with van der Waals surface area (Å²) in [6.07, 6.45) is 5.55. The molecule has 4 nitrogen and oxygen atoms in total. The maximum atomic E-state index is 12.5. The monoisotopic (exact) mass is 303 g/mol. The van der Waals surface area contributed by atoms with Gasteiger partial charge in [0.2, 0.25) is 5.91 Å². The molecule has 1 aliphatic rings. The van der Waals surface area contributed by atoms with Crippen molar-refractivity contribution >= 4 is 11.9 Å². The Bertz CT molecular complexity index is 508. The molecule has 2 N–H and O–H groups in total. The van der Waals surface area contributed by atoms with Crippen LogP contribution in [0.25, 0.3) is 0 Å². The Balaban J connectivity index is 1.96. The molecule has 0 aromatic heterocycles. The first-order valence-corrected chi connectivity index (χ1v) is 8.10. The van der Waals surface area contributed by atoms with Crippen molar-refractivity contribution in [1.82, 2.24) is 5.32 Å². The van der Waals surface area contributed by atoms with Crippen molar-refractivity contribution in [3.63, 3.8) is 0 Å². The molecule has 0 spiro atoms. The van der Waals surface area contributed by atoms with Gasteiger partial charge < -0.3 is 10.4 Å². The third-order valence-electron chi connectivity index (χ3n) is 4.88. The van der Waals surface area contributed by atoms with Crippen LogP contribution < -0.4 is 5.32 Å². The van der Waals surface area contributed by atoms with Crippen LogP contribution in [0, 0.1) is 11.3 Å². The van der Waals surface area contributed by atoms with Gasteiger partial charge in [-0.25, -0.2) is 0 Å². The van der Waals surface area contributed by atoms with Crippen molar-refractivity contribution in [2.45, 2.75) is 45.4 Å². The summed E-state index contributed by atoms with van der Waals surface area (Å²) in [4.78, 5) is 24.2. The standard InChI is InChI=1S/C18H25NO3/c1-18(17(21)22,15-10-6-3-7-11-15)16(20)19-13-12-14-8-4-2-5-9-14/h2,4-5,8-9,15H,3,6-7,10-13H2,1H3,(H,19,20)(H,21,22). The lowest BCUT2D eigenvalue weighted by Crippen LogP contribution is -2.50. The van der Waals surface area contributed by atoms with Gasteiger partial charge >= 0.3 is 5.97 Å². The first-order chi connectivity index (χ1) is 10.5. The second kappa shape index (κ2) is 7.43. The molecule has 0 heterocycles. The van der Waals surface area contributed by atoms with Gasteiger partial charge in [0, 0.05) is 6.54 Å². The van der Waals surface area contributed by atoms with E-state index in [0.717, 1.165) is 37.7 Å². The summed E-state index contributed by atoms with van der Waals surface area (Å²) in [5, 5.41) is 12.4. The van der Waals surface area contributed by atoms with E-state index in [1.165, 1.54) is 0 Å². The number of amides is 1. The van der Waals surface area contributed by atoms with Crippen molar-refractivity contribution in [2.75, 3.05) is 6.54 Å². The van der Waals surface area contributed by atoms with Gasteiger partial charge in [-0.1, -0.05) is 49.6 Å². The van der Waals surface area contributed by atoms with E-state index in [1.807, 2.05) is 30.3 Å². The molecule has 22 heavy (non-hydrogen) atoms. The van der Waals surface area contributed by atoms with Gasteiger partial charge in [-0.05, 0) is 37.7 Å². The fourth-order valence-corrected chi connectivity index (χ4v) is 3.29. The molecule has 1 atom stereocenters. The summed E-state index contributed by atoms with van der Waals surface area (Å²) in [6.45, 7) is 2.06. The number of nitrogens with one attached hydrogen (secondary N) is 1. The number of rotatable bonds is 6. The quantitative estimate of drug-likeness (QED) is 0.794. The summed E-state index contributed by atoms with van der Waals surface area (Å²) in [6, 6.07) is 9.88. The van der Waals surface area contributed by atoms with Crippen LogP contribution in [0.15, 0.2) is 30.3 Å². The minimum atomic E-state index is -1.31. The van der Waals surface area contributed by atoms with Gasteiger partial charge in [-0.2, -0.15) is 0 Å². The lowest BCUT2D eigenvalue weighted by molar-refractivity contribution is -0.159. The fraction of sp³-hybridized carbons (Fsp3) is 0.556. The molecule has 120 valence electrons. The average molecular weight is 303 g/mol. The lowest BCUT2D eigenvalue weighted by atomic mass is 9.69. The van der Waals surface area contributed by atoms with Crippen LogP contribution in [-0.2, 0) is 16.0 Å². The summed E-state index contributed by atoms with van der Waals surface area (Å²) < 4.78 is 0. The largest absolute Gasteiger partial charge is 0.480 e. The van der Waals surface area contributed by atoms with Crippen LogP contribution in [-0.4, -0.2) is 23.5 Å². The van der Waals surface area contributed by atoms with Gasteiger partial charge in [0.15, 0.2) is 0 Å². The normalized spacial score (nSPS) is 18.4. The molecule has 1 aliphatic carbocycles. The predicted molar refractivity (Wildman–Crippen MR) is 85.5 cm³/mol. The molecule has 4 heteroatoms. The minimum absolute atomic E-state index is 0.0597. The number of carbonyl (C=O) groups is 2. The number of benzene rings is 1. The molecule has 1 fully saturated rings. The number of hydrogen-bond acceptors (Lipinski definition) is 2. The summed E-state index contributed by atoms with van der Waals surface area (Å²) in [5.74, 6) is -1.41. The Labute approximate surface area is 131 Å². The van der Waals surface area contributed by atoms with Crippen molar-refractivity contribution in [2.24, 2.45) is 11.3 Å². The highest BCUT2D eigenvalue weighted by molar-refractivity contribution is 6.01. The van der Waals surface area contributed by atoms with Crippen molar-refractivity contribution in [1.29, 1.82) is 0 Å². The highest BCUT2D eigenvalue weighted by Crippen LogP contribution is 2.39. The average Bonchev–Trinajstić information content (AvgIpc) is 2.55. The van der Waals surface area contributed by atoms with Crippen LogP contribution in [0.1, 0.15) is 44.6 Å². The van der Waals surface area contributed by atoms with E-state index in [4.69, 9.17) is 0 Å². The summed E-state index contributed by atoms with van der Waals surface area (Å²) in [5.41, 5.74) is -0.172. The molecule has 1 amide bonds. The summed E-state index contributed by atoms with van der Waals surface area (Å²) >= 11 is 0. The molecule has 2 rings (SSSR count). The summed E-state index contributed by atoms with van der Waals surface area (Å²) in [7, 11) is 0. The first kappa shape index (κ1) is 16.5. The topological polar surface area (TPSA) is 66.4 Å². The Hall–Kier alpha value is -1.84.